The fourth-order valence-electron chi connectivity index (χ4n) is 4.32. The van der Waals surface area contributed by atoms with Gasteiger partial charge in [-0.1, -0.05) is 35.3 Å². The summed E-state index contributed by atoms with van der Waals surface area (Å²) >= 11 is 12.2. The highest BCUT2D eigenvalue weighted by atomic mass is 35.5. The van der Waals surface area contributed by atoms with Crippen LogP contribution in [0.2, 0.25) is 10.0 Å². The Morgan fingerprint density at radius 1 is 1.03 bits per heavy atom. The van der Waals surface area contributed by atoms with E-state index in [4.69, 9.17) is 27.9 Å². The molecule has 0 bridgehead atoms. The lowest BCUT2D eigenvalue weighted by molar-refractivity contribution is -0.159. The molecule has 0 aliphatic carbocycles. The molecule has 1 N–H and O–H groups in total. The molecule has 1 atom stereocenters. The van der Waals surface area contributed by atoms with Crippen molar-refractivity contribution >= 4 is 34.7 Å². The SMILES string of the molecule is CN1c2c(c(=O)n(CCCO)c(=O)n2C)N(Cc2ccc(Cl)cc2)C1Oc1cc(Cl)cc(OC(C)(F)F)c1. The normalized spacial score (nSPS) is 15.1. The van der Waals surface area contributed by atoms with E-state index in [2.05, 4.69) is 4.74 Å². The monoisotopic (exact) mass is 570 g/mol. The van der Waals surface area contributed by atoms with Crippen LogP contribution >= 0.6 is 23.2 Å². The number of halogens is 4. The first kappa shape index (κ1) is 27.7. The topological polar surface area (TPSA) is 89.2 Å². The van der Waals surface area contributed by atoms with E-state index in [9.17, 15) is 23.5 Å². The highest BCUT2D eigenvalue weighted by molar-refractivity contribution is 6.31. The summed E-state index contributed by atoms with van der Waals surface area (Å²) in [5.41, 5.74) is -0.111. The summed E-state index contributed by atoms with van der Waals surface area (Å²) in [6.45, 7) is 0.623. The molecule has 0 saturated carbocycles. The van der Waals surface area contributed by atoms with Crippen LogP contribution in [0.5, 0.6) is 11.5 Å². The van der Waals surface area contributed by atoms with Gasteiger partial charge in [-0.2, -0.15) is 8.78 Å². The van der Waals surface area contributed by atoms with Gasteiger partial charge in [-0.05, 0) is 36.2 Å². The molecule has 1 unspecified atom stereocenters. The Hall–Kier alpha value is -3.28. The molecule has 38 heavy (non-hydrogen) atoms. The molecule has 2 aromatic carbocycles. The zero-order valence-corrected chi connectivity index (χ0v) is 22.3. The number of hydrogen-bond acceptors (Lipinski definition) is 7. The minimum Gasteiger partial charge on any atom is -0.452 e. The van der Waals surface area contributed by atoms with E-state index in [0.29, 0.717) is 17.8 Å². The van der Waals surface area contributed by atoms with E-state index in [1.807, 2.05) is 0 Å². The molecule has 2 heterocycles. The Labute approximate surface area is 226 Å². The first-order chi connectivity index (χ1) is 17.9. The van der Waals surface area contributed by atoms with Gasteiger partial charge in [0, 0.05) is 56.8 Å². The summed E-state index contributed by atoms with van der Waals surface area (Å²) in [6, 6.07) is 10.9. The number of alkyl halides is 2. The average molecular weight is 571 g/mol. The minimum atomic E-state index is -3.44. The largest absolute Gasteiger partial charge is 0.452 e. The predicted molar refractivity (Wildman–Crippen MR) is 141 cm³/mol. The van der Waals surface area contributed by atoms with Crippen molar-refractivity contribution in [2.45, 2.75) is 38.9 Å². The Morgan fingerprint density at radius 2 is 1.68 bits per heavy atom. The second-order valence-corrected chi connectivity index (χ2v) is 9.76. The van der Waals surface area contributed by atoms with Crippen LogP contribution in [0.3, 0.4) is 0 Å². The molecule has 204 valence electrons. The van der Waals surface area contributed by atoms with Crippen molar-refractivity contribution in [2.24, 2.45) is 7.05 Å². The minimum absolute atomic E-state index is 0.0273. The van der Waals surface area contributed by atoms with Gasteiger partial charge in [0.2, 0.25) is 0 Å². The highest BCUT2D eigenvalue weighted by Gasteiger charge is 2.41. The van der Waals surface area contributed by atoms with Crippen LogP contribution in [0.1, 0.15) is 18.9 Å². The fraction of sp³-hybridized carbons (Fsp3) is 0.360. The number of ether oxygens (including phenoxy) is 2. The van der Waals surface area contributed by atoms with E-state index >= 15 is 0 Å². The zero-order valence-electron chi connectivity index (χ0n) is 20.8. The van der Waals surface area contributed by atoms with Crippen molar-refractivity contribution < 1.29 is 23.4 Å². The maximum absolute atomic E-state index is 13.6. The van der Waals surface area contributed by atoms with Crippen molar-refractivity contribution in [1.82, 2.24) is 9.13 Å². The summed E-state index contributed by atoms with van der Waals surface area (Å²) in [5, 5.41) is 9.90. The number of aliphatic hydroxyl groups excluding tert-OH is 1. The molecule has 0 fully saturated rings. The fourth-order valence-corrected chi connectivity index (χ4v) is 4.67. The molecule has 1 aliphatic rings. The van der Waals surface area contributed by atoms with Gasteiger partial charge in [-0.3, -0.25) is 13.9 Å². The van der Waals surface area contributed by atoms with Crippen molar-refractivity contribution in [2.75, 3.05) is 23.5 Å². The third-order valence-corrected chi connectivity index (χ3v) is 6.37. The van der Waals surface area contributed by atoms with E-state index in [0.717, 1.165) is 10.1 Å². The molecule has 0 spiro atoms. The van der Waals surface area contributed by atoms with E-state index in [1.165, 1.54) is 29.8 Å². The van der Waals surface area contributed by atoms with E-state index in [-0.39, 0.29) is 48.3 Å². The number of aliphatic hydroxyl groups is 1. The molecule has 13 heteroatoms. The third kappa shape index (κ3) is 5.74. The molecule has 9 nitrogen and oxygen atoms in total. The smallest absolute Gasteiger partial charge is 0.394 e. The molecular weight excluding hydrogens is 545 g/mol. The second kappa shape index (κ2) is 10.8. The van der Waals surface area contributed by atoms with Gasteiger partial charge in [-0.25, -0.2) is 4.79 Å². The third-order valence-electron chi connectivity index (χ3n) is 5.90. The Balaban J connectivity index is 1.81. The average Bonchev–Trinajstić information content (AvgIpc) is 3.09. The van der Waals surface area contributed by atoms with Crippen LogP contribution in [0, 0.1) is 0 Å². The van der Waals surface area contributed by atoms with Crippen molar-refractivity contribution in [3.8, 4) is 11.5 Å². The van der Waals surface area contributed by atoms with Gasteiger partial charge in [-0.15, -0.1) is 0 Å². The number of rotatable bonds is 9. The van der Waals surface area contributed by atoms with Gasteiger partial charge in [0.1, 0.15) is 23.0 Å². The number of benzene rings is 2. The van der Waals surface area contributed by atoms with Crippen molar-refractivity contribution in [3.63, 3.8) is 0 Å². The van der Waals surface area contributed by atoms with Gasteiger partial charge >= 0.3 is 11.8 Å². The molecule has 0 saturated heterocycles. The van der Waals surface area contributed by atoms with Gasteiger partial charge in [0.05, 0.1) is 0 Å². The van der Waals surface area contributed by atoms with Crippen LogP contribution in [0.4, 0.5) is 20.3 Å². The predicted octanol–water partition coefficient (Wildman–Crippen LogP) is 4.05. The van der Waals surface area contributed by atoms with Crippen molar-refractivity contribution in [1.29, 1.82) is 0 Å². The van der Waals surface area contributed by atoms with Crippen LogP contribution < -0.4 is 30.5 Å². The summed E-state index contributed by atoms with van der Waals surface area (Å²) in [7, 11) is 3.18. The number of aromatic nitrogens is 2. The van der Waals surface area contributed by atoms with Gasteiger partial charge < -0.3 is 24.4 Å². The summed E-state index contributed by atoms with van der Waals surface area (Å²) in [4.78, 5) is 29.9. The molecule has 1 aromatic heterocycles. The molecule has 0 radical (unpaired) electrons. The van der Waals surface area contributed by atoms with Crippen LogP contribution in [-0.4, -0.2) is 40.4 Å². The maximum atomic E-state index is 13.6. The molecular formula is C25H26Cl2F2N4O5. The van der Waals surface area contributed by atoms with Crippen LogP contribution in [0.25, 0.3) is 0 Å². The standard InChI is InChI=1S/C25H26Cl2F2N4O5/c1-25(28,29)38-19-12-17(27)11-18(13-19)37-24-31(3)21-20(33(24)14-15-5-7-16(26)8-6-15)22(35)32(9-4-10-34)23(36)30(21)2/h5-8,11-13,24,34H,4,9-10,14H2,1-3H3. The summed E-state index contributed by atoms with van der Waals surface area (Å²) < 4.78 is 40.2. The summed E-state index contributed by atoms with van der Waals surface area (Å²) in [6.07, 6.45) is -4.20. The molecule has 0 amide bonds. The lowest BCUT2D eigenvalue weighted by Gasteiger charge is -2.30. The Bertz CT molecular complexity index is 1440. The first-order valence-corrected chi connectivity index (χ1v) is 12.4. The molecule has 4 rings (SSSR count). The zero-order chi connectivity index (χ0) is 27.8. The van der Waals surface area contributed by atoms with E-state index < -0.39 is 23.7 Å². The number of fused-ring (bicyclic) bond motifs is 1. The van der Waals surface area contributed by atoms with Crippen LogP contribution in [0.15, 0.2) is 52.1 Å². The Morgan fingerprint density at radius 3 is 2.32 bits per heavy atom. The quantitative estimate of drug-likeness (QED) is 0.415. The van der Waals surface area contributed by atoms with Crippen LogP contribution in [-0.2, 0) is 20.1 Å². The molecule has 1 aliphatic heterocycles. The lowest BCUT2D eigenvalue weighted by atomic mass is 10.2. The van der Waals surface area contributed by atoms with Gasteiger partial charge in [0.15, 0.2) is 0 Å². The Kier molecular flexibility index (Phi) is 7.91. The number of hydrogen-bond donors (Lipinski definition) is 1. The van der Waals surface area contributed by atoms with E-state index in [1.54, 1.807) is 41.1 Å². The van der Waals surface area contributed by atoms with Gasteiger partial charge in [0.25, 0.3) is 11.9 Å². The number of anilines is 2. The second-order valence-electron chi connectivity index (χ2n) is 8.89. The first-order valence-electron chi connectivity index (χ1n) is 11.6. The highest BCUT2D eigenvalue weighted by Crippen LogP contribution is 2.38. The number of nitrogens with zero attached hydrogens (tertiary/aromatic N) is 4. The lowest BCUT2D eigenvalue weighted by Crippen LogP contribution is -2.46. The molecule has 3 aromatic rings. The van der Waals surface area contributed by atoms with Crippen molar-refractivity contribution in [3.05, 3.63) is 78.9 Å². The summed E-state index contributed by atoms with van der Waals surface area (Å²) in [5.74, 6) is 0.201. The maximum Gasteiger partial charge on any atom is 0.394 e.